The van der Waals surface area contributed by atoms with E-state index in [0.717, 1.165) is 96.8 Å². The Morgan fingerprint density at radius 1 is 0.632 bits per heavy atom. The Morgan fingerprint density at radius 3 is 1.26 bits per heavy atom. The minimum atomic E-state index is 0.00973. The van der Waals surface area contributed by atoms with Crippen LogP contribution in [0.25, 0.3) is 0 Å². The van der Waals surface area contributed by atoms with E-state index in [4.69, 9.17) is 0 Å². The summed E-state index contributed by atoms with van der Waals surface area (Å²) in [4.78, 5) is 2.12. The van der Waals surface area contributed by atoms with E-state index < -0.39 is 0 Å². The van der Waals surface area contributed by atoms with E-state index in [2.05, 4.69) is 62.6 Å². The van der Waals surface area contributed by atoms with Crippen LogP contribution in [0.3, 0.4) is 0 Å². The quantitative estimate of drug-likeness (QED) is 0.205. The molecule has 2 aliphatic carbocycles. The predicted molar refractivity (Wildman–Crippen MR) is 158 cm³/mol. The summed E-state index contributed by atoms with van der Waals surface area (Å²) in [6.45, 7) is 10.5. The molecule has 0 atom stereocenters. The van der Waals surface area contributed by atoms with Crippen molar-refractivity contribution in [2.45, 2.75) is 79.1 Å². The third-order valence-electron chi connectivity index (χ3n) is 6.96. The molecule has 0 unspecified atom stereocenters. The van der Waals surface area contributed by atoms with E-state index in [1.54, 1.807) is 23.5 Å². The van der Waals surface area contributed by atoms with Crippen LogP contribution in [0.15, 0.2) is 43.5 Å². The number of rotatable bonds is 11. The molecule has 38 heavy (non-hydrogen) atoms. The first kappa shape index (κ1) is 31.4. The van der Waals surface area contributed by atoms with E-state index >= 15 is 0 Å². The Hall–Kier alpha value is -2.78. The number of nitrogens with zero attached hydrogens (tertiary/aromatic N) is 4. The van der Waals surface area contributed by atoms with Gasteiger partial charge < -0.3 is 10.6 Å². The fraction of sp³-hybridized carbons (Fsp3) is 0.600. The number of unbranched alkanes of at least 4 members (excludes halogenated alkanes) is 3. The van der Waals surface area contributed by atoms with Crippen LogP contribution < -0.4 is 10.6 Å². The third-order valence-corrected chi connectivity index (χ3v) is 8.76. The Kier molecular flexibility index (Phi) is 11.9. The van der Waals surface area contributed by atoms with Crippen molar-refractivity contribution in [1.82, 2.24) is 10.6 Å². The Labute approximate surface area is 237 Å². The highest BCUT2D eigenvalue weighted by atomic mass is 32.2. The first-order valence-electron chi connectivity index (χ1n) is 13.2. The van der Waals surface area contributed by atoms with Gasteiger partial charge in [-0.1, -0.05) is 40.5 Å². The van der Waals surface area contributed by atoms with Gasteiger partial charge in [-0.25, -0.2) is 0 Å². The molecule has 2 aliphatic rings. The maximum absolute atomic E-state index is 9.44. The molecular weight excluding hydrogens is 509 g/mol. The number of thioether (sulfide) groups is 2. The van der Waals surface area contributed by atoms with E-state index in [-0.39, 0.29) is 22.0 Å². The Morgan fingerprint density at radius 2 is 0.974 bits per heavy atom. The lowest BCUT2D eigenvalue weighted by Crippen LogP contribution is -2.28. The summed E-state index contributed by atoms with van der Waals surface area (Å²) >= 11 is 3.24. The van der Waals surface area contributed by atoms with Crippen LogP contribution in [0.5, 0.6) is 0 Å². The molecule has 0 heterocycles. The van der Waals surface area contributed by atoms with Crippen LogP contribution in [0, 0.1) is 56.2 Å². The second kappa shape index (κ2) is 14.4. The Balaban J connectivity index is 1.92. The molecule has 0 amide bonds. The van der Waals surface area contributed by atoms with Crippen LogP contribution in [0.2, 0.25) is 0 Å². The Bertz CT molecular complexity index is 1060. The van der Waals surface area contributed by atoms with Gasteiger partial charge >= 0.3 is 0 Å². The highest BCUT2D eigenvalue weighted by Crippen LogP contribution is 2.46. The van der Waals surface area contributed by atoms with E-state index in [1.807, 2.05) is 12.5 Å². The molecule has 0 fully saturated rings. The molecule has 0 aromatic carbocycles. The van der Waals surface area contributed by atoms with Crippen LogP contribution >= 0.6 is 23.5 Å². The van der Waals surface area contributed by atoms with Crippen LogP contribution in [0.1, 0.15) is 79.1 Å². The molecule has 8 heteroatoms. The summed E-state index contributed by atoms with van der Waals surface area (Å²) < 4.78 is 0. The standard InChI is InChI=1S/C30H40N6S2/c1-29(2)13-23(21(17-31)18-32)27(37-5)25(15-29)35-11-9-7-8-10-12-36-26-16-30(3,4)14-24(28(26)38-6)22(19-33)20-34/h35-36H,7-16H2,1-6H3. The maximum atomic E-state index is 9.44. The van der Waals surface area contributed by atoms with Crippen molar-refractivity contribution in [1.29, 1.82) is 21.0 Å². The van der Waals surface area contributed by atoms with Gasteiger partial charge in [0.05, 0.1) is 0 Å². The molecule has 0 spiro atoms. The van der Waals surface area contributed by atoms with Gasteiger partial charge in [0.1, 0.15) is 35.4 Å². The number of hydrogen-bond donors (Lipinski definition) is 2. The molecule has 0 bridgehead atoms. The number of nitriles is 4. The lowest BCUT2D eigenvalue weighted by molar-refractivity contribution is 0.338. The van der Waals surface area contributed by atoms with Gasteiger partial charge in [-0.15, -0.1) is 23.5 Å². The summed E-state index contributed by atoms with van der Waals surface area (Å²) in [5.74, 6) is 0. The highest BCUT2D eigenvalue weighted by molar-refractivity contribution is 8.02. The minimum absolute atomic E-state index is 0.00973. The van der Waals surface area contributed by atoms with Gasteiger partial charge in [-0.2, -0.15) is 21.0 Å². The van der Waals surface area contributed by atoms with Crippen molar-refractivity contribution >= 4 is 23.5 Å². The highest BCUT2D eigenvalue weighted by Gasteiger charge is 2.33. The normalized spacial score (nSPS) is 18.2. The van der Waals surface area contributed by atoms with Crippen molar-refractivity contribution in [2.75, 3.05) is 25.6 Å². The number of nitrogens with one attached hydrogen (secondary N) is 2. The molecule has 0 aliphatic heterocycles. The second-order valence-corrected chi connectivity index (χ2v) is 13.1. The largest absolute Gasteiger partial charge is 0.387 e. The number of hydrogen-bond acceptors (Lipinski definition) is 8. The molecule has 0 radical (unpaired) electrons. The molecule has 0 saturated heterocycles. The monoisotopic (exact) mass is 548 g/mol. The smallest absolute Gasteiger partial charge is 0.134 e. The first-order chi connectivity index (χ1) is 18.1. The van der Waals surface area contributed by atoms with E-state index in [1.165, 1.54) is 0 Å². The minimum Gasteiger partial charge on any atom is -0.387 e. The van der Waals surface area contributed by atoms with Gasteiger partial charge in [0.2, 0.25) is 0 Å². The lowest BCUT2D eigenvalue weighted by Gasteiger charge is -2.35. The summed E-state index contributed by atoms with van der Waals surface area (Å²) in [6.07, 6.45) is 11.7. The zero-order valence-corrected chi connectivity index (χ0v) is 25.3. The predicted octanol–water partition coefficient (Wildman–Crippen LogP) is 7.20. The first-order valence-corrected chi connectivity index (χ1v) is 15.6. The summed E-state index contributed by atoms with van der Waals surface area (Å²) in [5, 5.41) is 45.0. The van der Waals surface area contributed by atoms with Crippen molar-refractivity contribution in [2.24, 2.45) is 10.8 Å². The van der Waals surface area contributed by atoms with E-state index in [9.17, 15) is 21.0 Å². The molecule has 0 aromatic rings. The van der Waals surface area contributed by atoms with Crippen LogP contribution in [-0.2, 0) is 0 Å². The molecule has 0 aromatic heterocycles. The van der Waals surface area contributed by atoms with Gasteiger partial charge in [-0.05, 0) is 73.0 Å². The average Bonchev–Trinajstić information content (AvgIpc) is 2.86. The average molecular weight is 549 g/mol. The molecule has 2 rings (SSSR count). The maximum Gasteiger partial charge on any atom is 0.134 e. The summed E-state index contributed by atoms with van der Waals surface area (Å²) in [7, 11) is 0. The van der Waals surface area contributed by atoms with Gasteiger partial charge in [0.15, 0.2) is 0 Å². The van der Waals surface area contributed by atoms with Crippen molar-refractivity contribution in [3.63, 3.8) is 0 Å². The zero-order valence-electron chi connectivity index (χ0n) is 23.7. The van der Waals surface area contributed by atoms with Crippen LogP contribution in [0.4, 0.5) is 0 Å². The topological polar surface area (TPSA) is 119 Å². The third kappa shape index (κ3) is 8.36. The van der Waals surface area contributed by atoms with Crippen molar-refractivity contribution in [3.8, 4) is 24.3 Å². The van der Waals surface area contributed by atoms with Gasteiger partial charge in [0, 0.05) is 34.3 Å². The number of allylic oxidation sites excluding steroid dienone is 6. The zero-order chi connectivity index (χ0) is 28.3. The SMILES string of the molecule is CSC1=C(NCCCCCCNC2=C(SC)C(=C(C#N)C#N)CC(C)(C)C2)CC(C)(C)CC1=C(C#N)C#N. The van der Waals surface area contributed by atoms with Crippen molar-refractivity contribution < 1.29 is 0 Å². The molecule has 2 N–H and O–H groups in total. The summed E-state index contributed by atoms with van der Waals surface area (Å²) in [6, 6.07) is 8.36. The second-order valence-electron chi connectivity index (χ2n) is 11.5. The van der Waals surface area contributed by atoms with Gasteiger partial charge in [0.25, 0.3) is 0 Å². The summed E-state index contributed by atoms with van der Waals surface area (Å²) in [5.41, 5.74) is 4.55. The fourth-order valence-electron chi connectivity index (χ4n) is 5.31. The van der Waals surface area contributed by atoms with Crippen molar-refractivity contribution in [3.05, 3.63) is 43.5 Å². The van der Waals surface area contributed by atoms with Crippen LogP contribution in [-0.4, -0.2) is 25.6 Å². The van der Waals surface area contributed by atoms with E-state index in [0.29, 0.717) is 0 Å². The molecular formula is C30H40N6S2. The van der Waals surface area contributed by atoms with Gasteiger partial charge in [-0.3, -0.25) is 0 Å². The fourth-order valence-corrected chi connectivity index (χ4v) is 6.93. The molecule has 6 nitrogen and oxygen atoms in total. The lowest BCUT2D eigenvalue weighted by atomic mass is 9.76. The molecule has 0 saturated carbocycles. The molecule has 202 valence electrons.